The predicted molar refractivity (Wildman–Crippen MR) is 84.2 cm³/mol. The molecule has 5 nitrogen and oxygen atoms in total. The van der Waals surface area contributed by atoms with Gasteiger partial charge in [-0.3, -0.25) is 0 Å². The number of carbonyl (C=O) groups is 1. The number of carbonyl (C=O) groups excluding carboxylic acids is 1. The Morgan fingerprint density at radius 3 is 2.14 bits per heavy atom. The van der Waals surface area contributed by atoms with Crippen LogP contribution in [0, 0.1) is 5.92 Å². The Hall–Kier alpha value is -0.810. The molecule has 0 bridgehead atoms. The fourth-order valence-electron chi connectivity index (χ4n) is 3.29. The van der Waals surface area contributed by atoms with E-state index in [2.05, 4.69) is 4.90 Å². The lowest BCUT2D eigenvalue weighted by Crippen LogP contribution is -2.50. The first kappa shape index (κ1) is 16.6. The van der Waals surface area contributed by atoms with Crippen LogP contribution in [-0.4, -0.2) is 60.3 Å². The minimum Gasteiger partial charge on any atom is -0.444 e. The molecule has 0 saturated carbocycles. The highest BCUT2D eigenvalue weighted by molar-refractivity contribution is 5.68. The Balaban J connectivity index is 1.75. The first-order valence-electron chi connectivity index (χ1n) is 8.31. The van der Waals surface area contributed by atoms with Crippen molar-refractivity contribution < 1.29 is 9.53 Å². The lowest BCUT2D eigenvalue weighted by Gasteiger charge is -2.41. The molecule has 2 aliphatic rings. The van der Waals surface area contributed by atoms with Crippen molar-refractivity contribution in [3.05, 3.63) is 0 Å². The molecule has 0 radical (unpaired) electrons. The molecule has 0 aromatic heterocycles. The molecule has 2 heterocycles. The minimum atomic E-state index is -0.405. The third kappa shape index (κ3) is 4.85. The molecule has 2 fully saturated rings. The third-order valence-electron chi connectivity index (χ3n) is 4.62. The van der Waals surface area contributed by atoms with Gasteiger partial charge in [-0.15, -0.1) is 0 Å². The van der Waals surface area contributed by atoms with Crippen molar-refractivity contribution in [1.82, 2.24) is 9.80 Å². The Morgan fingerprint density at radius 2 is 1.67 bits per heavy atom. The second-order valence-corrected chi connectivity index (χ2v) is 7.41. The van der Waals surface area contributed by atoms with Crippen LogP contribution < -0.4 is 5.73 Å². The maximum atomic E-state index is 12.1. The van der Waals surface area contributed by atoms with Crippen LogP contribution in [0.5, 0.6) is 0 Å². The van der Waals surface area contributed by atoms with Gasteiger partial charge in [0.05, 0.1) is 0 Å². The van der Waals surface area contributed by atoms with E-state index in [-0.39, 0.29) is 6.09 Å². The Morgan fingerprint density at radius 1 is 1.10 bits per heavy atom. The quantitative estimate of drug-likeness (QED) is 0.847. The average Bonchev–Trinajstić information content (AvgIpc) is 2.46. The van der Waals surface area contributed by atoms with Gasteiger partial charge in [0.15, 0.2) is 0 Å². The predicted octanol–water partition coefficient (Wildman–Crippen LogP) is 2.06. The van der Waals surface area contributed by atoms with Gasteiger partial charge in [0, 0.05) is 19.1 Å². The van der Waals surface area contributed by atoms with E-state index in [9.17, 15) is 4.79 Å². The van der Waals surface area contributed by atoms with E-state index in [0.717, 1.165) is 32.5 Å². The van der Waals surface area contributed by atoms with E-state index in [1.165, 1.54) is 25.9 Å². The van der Waals surface area contributed by atoms with Gasteiger partial charge in [-0.25, -0.2) is 4.79 Å². The zero-order valence-corrected chi connectivity index (χ0v) is 13.8. The molecule has 5 heteroatoms. The normalized spacial score (nSPS) is 23.3. The summed E-state index contributed by atoms with van der Waals surface area (Å²) in [4.78, 5) is 16.5. The number of ether oxygens (including phenoxy) is 1. The fraction of sp³-hybridized carbons (Fsp3) is 0.938. The van der Waals surface area contributed by atoms with Crippen LogP contribution in [0.3, 0.4) is 0 Å². The van der Waals surface area contributed by atoms with E-state index in [4.69, 9.17) is 10.5 Å². The van der Waals surface area contributed by atoms with E-state index in [1.807, 2.05) is 25.7 Å². The summed E-state index contributed by atoms with van der Waals surface area (Å²) in [5.41, 5.74) is 5.35. The molecule has 2 N–H and O–H groups in total. The van der Waals surface area contributed by atoms with Gasteiger partial charge in [-0.05, 0) is 72.0 Å². The Labute approximate surface area is 128 Å². The van der Waals surface area contributed by atoms with Crippen molar-refractivity contribution in [3.8, 4) is 0 Å². The molecule has 0 aromatic carbocycles. The van der Waals surface area contributed by atoms with Gasteiger partial charge in [-0.2, -0.15) is 0 Å². The van der Waals surface area contributed by atoms with Crippen LogP contribution in [0.2, 0.25) is 0 Å². The van der Waals surface area contributed by atoms with Crippen molar-refractivity contribution in [2.45, 2.75) is 58.1 Å². The summed E-state index contributed by atoms with van der Waals surface area (Å²) >= 11 is 0. The number of rotatable bonds is 2. The number of nitrogens with zero attached hydrogens (tertiary/aromatic N) is 2. The van der Waals surface area contributed by atoms with Crippen molar-refractivity contribution in [2.75, 3.05) is 32.7 Å². The van der Waals surface area contributed by atoms with Crippen LogP contribution in [0.15, 0.2) is 0 Å². The van der Waals surface area contributed by atoms with Gasteiger partial charge < -0.3 is 20.3 Å². The molecule has 0 unspecified atom stereocenters. The maximum Gasteiger partial charge on any atom is 0.410 e. The Bertz CT molecular complexity index is 338. The smallest absolute Gasteiger partial charge is 0.410 e. The van der Waals surface area contributed by atoms with Crippen LogP contribution in [0.4, 0.5) is 4.79 Å². The minimum absolute atomic E-state index is 0.164. The maximum absolute atomic E-state index is 12.1. The molecule has 21 heavy (non-hydrogen) atoms. The van der Waals surface area contributed by atoms with Crippen LogP contribution in [0.1, 0.15) is 46.5 Å². The summed E-state index contributed by atoms with van der Waals surface area (Å²) < 4.78 is 5.45. The highest BCUT2D eigenvalue weighted by Crippen LogP contribution is 2.24. The molecule has 0 aromatic rings. The number of hydrogen-bond donors (Lipinski definition) is 1. The zero-order valence-electron chi connectivity index (χ0n) is 13.8. The van der Waals surface area contributed by atoms with Crippen LogP contribution >= 0.6 is 0 Å². The first-order valence-corrected chi connectivity index (χ1v) is 8.31. The SMILES string of the molecule is CC(C)(C)OC(=O)N1CCC(N2CCC(CN)CC2)CC1. The number of nitrogens with two attached hydrogens (primary N) is 1. The monoisotopic (exact) mass is 297 g/mol. The molecule has 0 aliphatic carbocycles. The highest BCUT2D eigenvalue weighted by atomic mass is 16.6. The standard InChI is InChI=1S/C16H31N3O2/c1-16(2,3)21-15(20)19-10-6-14(7-11-19)18-8-4-13(12-17)5-9-18/h13-14H,4-12,17H2,1-3H3. The molecule has 1 amide bonds. The number of likely N-dealkylation sites (tertiary alicyclic amines) is 2. The fourth-order valence-corrected chi connectivity index (χ4v) is 3.29. The summed E-state index contributed by atoms with van der Waals surface area (Å²) in [7, 11) is 0. The largest absolute Gasteiger partial charge is 0.444 e. The van der Waals surface area contributed by atoms with Gasteiger partial charge >= 0.3 is 6.09 Å². The second kappa shape index (κ2) is 6.97. The summed E-state index contributed by atoms with van der Waals surface area (Å²) in [6, 6.07) is 0.627. The van der Waals surface area contributed by atoms with E-state index in [0.29, 0.717) is 12.0 Å². The number of amides is 1. The molecule has 0 atom stereocenters. The van der Waals surface area contributed by atoms with E-state index in [1.54, 1.807) is 0 Å². The molecule has 122 valence electrons. The van der Waals surface area contributed by atoms with Crippen molar-refractivity contribution in [3.63, 3.8) is 0 Å². The zero-order chi connectivity index (χ0) is 15.5. The van der Waals surface area contributed by atoms with Crippen LogP contribution in [-0.2, 0) is 4.74 Å². The highest BCUT2D eigenvalue weighted by Gasteiger charge is 2.31. The molecule has 0 spiro atoms. The summed E-state index contributed by atoms with van der Waals surface area (Å²) in [5, 5.41) is 0. The Kier molecular flexibility index (Phi) is 5.49. The lowest BCUT2D eigenvalue weighted by molar-refractivity contribution is 0.0120. The summed E-state index contributed by atoms with van der Waals surface area (Å²) in [6.45, 7) is 10.5. The van der Waals surface area contributed by atoms with Crippen molar-refractivity contribution in [1.29, 1.82) is 0 Å². The van der Waals surface area contributed by atoms with E-state index >= 15 is 0 Å². The van der Waals surface area contributed by atoms with Gasteiger partial charge in [0.1, 0.15) is 5.60 Å². The molecule has 2 rings (SSSR count). The summed E-state index contributed by atoms with van der Waals surface area (Å²) in [5.74, 6) is 0.711. The van der Waals surface area contributed by atoms with Gasteiger partial charge in [0.25, 0.3) is 0 Å². The lowest BCUT2D eigenvalue weighted by atomic mass is 9.94. The molecular weight excluding hydrogens is 266 g/mol. The summed E-state index contributed by atoms with van der Waals surface area (Å²) in [6.07, 6.45) is 4.41. The molecule has 2 aliphatic heterocycles. The van der Waals surface area contributed by atoms with E-state index < -0.39 is 5.60 Å². The van der Waals surface area contributed by atoms with Crippen molar-refractivity contribution in [2.24, 2.45) is 11.7 Å². The second-order valence-electron chi connectivity index (χ2n) is 7.41. The molecular formula is C16H31N3O2. The molecule has 2 saturated heterocycles. The van der Waals surface area contributed by atoms with Crippen LogP contribution in [0.25, 0.3) is 0 Å². The number of hydrogen-bond acceptors (Lipinski definition) is 4. The van der Waals surface area contributed by atoms with Gasteiger partial charge in [-0.1, -0.05) is 0 Å². The van der Waals surface area contributed by atoms with Gasteiger partial charge in [0.2, 0.25) is 0 Å². The third-order valence-corrected chi connectivity index (χ3v) is 4.62. The first-order chi connectivity index (χ1) is 9.89. The topological polar surface area (TPSA) is 58.8 Å². The van der Waals surface area contributed by atoms with Crippen molar-refractivity contribution >= 4 is 6.09 Å². The number of piperidine rings is 2. The average molecular weight is 297 g/mol.